The first kappa shape index (κ1) is 46.9. The molecule has 1 saturated heterocycles. The Balaban J connectivity index is 1.20. The lowest BCUT2D eigenvalue weighted by atomic mass is 9.82. The number of benzene rings is 2. The van der Waals surface area contributed by atoms with Crippen LogP contribution in [0.5, 0.6) is 0 Å². The van der Waals surface area contributed by atoms with E-state index in [1.54, 1.807) is 12.3 Å². The maximum absolute atomic E-state index is 15.1. The van der Waals surface area contributed by atoms with Gasteiger partial charge in [-0.15, -0.1) is 11.8 Å². The van der Waals surface area contributed by atoms with Gasteiger partial charge < -0.3 is 41.8 Å². The molecule has 2 aromatic carbocycles. The van der Waals surface area contributed by atoms with E-state index in [1.807, 2.05) is 55.7 Å². The molecule has 6 atom stereocenters. The number of aliphatic carboxylic acids is 1. The van der Waals surface area contributed by atoms with Crippen molar-refractivity contribution in [2.75, 3.05) is 32.0 Å². The molecule has 2 aliphatic rings. The Labute approximate surface area is 357 Å². The van der Waals surface area contributed by atoms with Gasteiger partial charge in [0.25, 0.3) is 0 Å². The highest BCUT2D eigenvalue weighted by atomic mass is 32.2. The number of carboxylic acid groups (broad SMARTS) is 1. The van der Waals surface area contributed by atoms with E-state index in [0.717, 1.165) is 40.4 Å². The van der Waals surface area contributed by atoms with E-state index in [9.17, 15) is 38.3 Å². The number of aliphatic hydroxyl groups is 1. The minimum atomic E-state index is -1.20. The number of nitrogens with one attached hydrogen (secondary N) is 2. The summed E-state index contributed by atoms with van der Waals surface area (Å²) in [6.45, 7) is 5.24. The van der Waals surface area contributed by atoms with Crippen LogP contribution < -0.4 is 22.1 Å². The molecule has 0 spiro atoms. The van der Waals surface area contributed by atoms with Crippen LogP contribution in [0.1, 0.15) is 70.2 Å². The van der Waals surface area contributed by atoms with Gasteiger partial charge in [-0.3, -0.25) is 33.7 Å². The largest absolute Gasteiger partial charge is 0.480 e. The minimum absolute atomic E-state index is 0.0191. The maximum Gasteiger partial charge on any atom is 0.321 e. The Morgan fingerprint density at radius 2 is 1.74 bits per heavy atom. The SMILES string of the molecule is CC(C)(C)C(c1cc(-c2cc(F)ccc2F)cn1Cc1ccccc1)N(CCC(N)C(=O)N[C@H]1CC[C@@H](C(=O)NCCN2C(=O)CC(SCC(N)C(=O)O)C2=O)C1)C(=O)CO. The molecule has 1 aliphatic carbocycles. The van der Waals surface area contributed by atoms with Crippen molar-refractivity contribution < 1.29 is 47.8 Å². The Kier molecular flexibility index (Phi) is 15.8. The van der Waals surface area contributed by atoms with E-state index >= 15 is 4.39 Å². The molecule has 0 bridgehead atoms. The fraction of sp³-hybridized carbons (Fsp3) is 0.488. The highest BCUT2D eigenvalue weighted by Gasteiger charge is 2.40. The number of rotatable bonds is 19. The molecule has 1 aliphatic heterocycles. The molecule has 330 valence electrons. The van der Waals surface area contributed by atoms with Crippen molar-refractivity contribution in [1.82, 2.24) is 25.0 Å². The standard InChI is InChI=1S/C43H55F2N7O8S/c1-43(2,3)38(34-18-27(30-19-28(44)10-12-31(30)45)22-50(34)21-25-7-5-4-6-8-25)51(37(55)23-53)15-13-32(46)40(57)49-29-11-9-26(17-29)39(56)48-14-16-52-36(54)20-35(41(52)58)61-24-33(47)42(59)60/h4-8,10,12,18-19,22,26,29,32-33,35,38,53H,9,11,13-17,20-21,23-24,46-47H2,1-3H3,(H,48,56)(H,49,57)(H,59,60)/t26-,29+,32?,33?,35?,38?/m1/s1. The van der Waals surface area contributed by atoms with Gasteiger partial charge in [0.2, 0.25) is 29.5 Å². The van der Waals surface area contributed by atoms with Crippen LogP contribution in [0.2, 0.25) is 0 Å². The van der Waals surface area contributed by atoms with Crippen LogP contribution >= 0.6 is 11.8 Å². The fourth-order valence-corrected chi connectivity index (χ4v) is 9.03. The number of amides is 5. The highest BCUT2D eigenvalue weighted by Crippen LogP contribution is 2.41. The zero-order valence-electron chi connectivity index (χ0n) is 34.5. The van der Waals surface area contributed by atoms with Gasteiger partial charge in [-0.25, -0.2) is 8.78 Å². The van der Waals surface area contributed by atoms with Crippen LogP contribution in [0.25, 0.3) is 11.1 Å². The smallest absolute Gasteiger partial charge is 0.321 e. The number of carbonyl (C=O) groups excluding carboxylic acids is 5. The Morgan fingerprint density at radius 3 is 2.41 bits per heavy atom. The molecular weight excluding hydrogens is 813 g/mol. The maximum atomic E-state index is 15.1. The van der Waals surface area contributed by atoms with Gasteiger partial charge >= 0.3 is 5.97 Å². The predicted molar refractivity (Wildman–Crippen MR) is 224 cm³/mol. The molecule has 0 radical (unpaired) electrons. The van der Waals surface area contributed by atoms with Crippen molar-refractivity contribution in [3.05, 3.63) is 83.7 Å². The van der Waals surface area contributed by atoms with Crippen molar-refractivity contribution in [3.8, 4) is 11.1 Å². The van der Waals surface area contributed by atoms with Crippen LogP contribution in [0.3, 0.4) is 0 Å². The number of nitrogens with zero attached hydrogens (tertiary/aromatic N) is 3. The number of nitrogens with two attached hydrogens (primary N) is 2. The van der Waals surface area contributed by atoms with E-state index in [2.05, 4.69) is 10.6 Å². The third kappa shape index (κ3) is 12.0. The number of hydrogen-bond acceptors (Lipinski definition) is 10. The highest BCUT2D eigenvalue weighted by molar-refractivity contribution is 8.00. The van der Waals surface area contributed by atoms with Gasteiger partial charge in [0.15, 0.2) is 0 Å². The number of thioether (sulfide) groups is 1. The first-order valence-corrected chi connectivity index (χ1v) is 21.3. The number of aromatic nitrogens is 1. The molecule has 15 nitrogen and oxygen atoms in total. The van der Waals surface area contributed by atoms with E-state index < -0.39 is 82.5 Å². The Bertz CT molecular complexity index is 2080. The van der Waals surface area contributed by atoms with Crippen molar-refractivity contribution in [1.29, 1.82) is 0 Å². The lowest BCUT2D eigenvalue weighted by Gasteiger charge is -2.41. The van der Waals surface area contributed by atoms with Crippen molar-refractivity contribution in [3.63, 3.8) is 0 Å². The molecule has 61 heavy (non-hydrogen) atoms. The average Bonchev–Trinajstić information content (AvgIpc) is 3.92. The Morgan fingerprint density at radius 1 is 1.02 bits per heavy atom. The summed E-state index contributed by atoms with van der Waals surface area (Å²) in [5.41, 5.74) is 13.2. The molecule has 5 amide bonds. The summed E-state index contributed by atoms with van der Waals surface area (Å²) < 4.78 is 31.3. The topological polar surface area (TPSA) is 230 Å². The van der Waals surface area contributed by atoms with Crippen molar-refractivity contribution in [2.24, 2.45) is 22.8 Å². The second-order valence-electron chi connectivity index (χ2n) is 16.7. The molecule has 5 rings (SSSR count). The number of likely N-dealkylation sites (tertiary alicyclic amines) is 1. The zero-order valence-corrected chi connectivity index (χ0v) is 35.3. The summed E-state index contributed by atoms with van der Waals surface area (Å²) in [4.78, 5) is 78.7. The van der Waals surface area contributed by atoms with Crippen LogP contribution in [0.15, 0.2) is 60.8 Å². The van der Waals surface area contributed by atoms with E-state index in [0.29, 0.717) is 37.1 Å². The number of carbonyl (C=O) groups is 6. The van der Waals surface area contributed by atoms with Gasteiger partial charge in [-0.1, -0.05) is 51.1 Å². The zero-order chi connectivity index (χ0) is 44.6. The van der Waals surface area contributed by atoms with E-state index in [4.69, 9.17) is 16.6 Å². The van der Waals surface area contributed by atoms with Crippen LogP contribution in [0.4, 0.5) is 8.78 Å². The van der Waals surface area contributed by atoms with Gasteiger partial charge in [0, 0.05) is 73.3 Å². The van der Waals surface area contributed by atoms with Crippen LogP contribution in [-0.2, 0) is 35.3 Å². The van der Waals surface area contributed by atoms with Crippen molar-refractivity contribution >= 4 is 47.3 Å². The molecule has 3 aromatic rings. The summed E-state index contributed by atoms with van der Waals surface area (Å²) in [5.74, 6) is -5.13. The first-order chi connectivity index (χ1) is 28.9. The Hall–Kier alpha value is -5.17. The van der Waals surface area contributed by atoms with Gasteiger partial charge in [0.1, 0.15) is 24.3 Å². The normalized spacial score (nSPS) is 19.4. The molecule has 2 fully saturated rings. The summed E-state index contributed by atoms with van der Waals surface area (Å²) in [5, 5.41) is 24.1. The summed E-state index contributed by atoms with van der Waals surface area (Å²) >= 11 is 1.01. The summed E-state index contributed by atoms with van der Waals surface area (Å²) in [7, 11) is 0. The number of halogens is 2. The lowest BCUT2D eigenvalue weighted by molar-refractivity contribution is -0.140. The number of imide groups is 1. The third-order valence-electron chi connectivity index (χ3n) is 11.0. The quantitative estimate of drug-likeness (QED) is 0.0960. The number of carboxylic acids is 1. The van der Waals surface area contributed by atoms with Gasteiger partial charge in [0.05, 0.1) is 17.3 Å². The molecular formula is C43H55F2N7O8S. The molecule has 1 aromatic heterocycles. The molecule has 1 saturated carbocycles. The van der Waals surface area contributed by atoms with Crippen molar-refractivity contribution in [2.45, 2.75) is 88.8 Å². The average molecular weight is 868 g/mol. The second kappa shape index (κ2) is 20.6. The van der Waals surface area contributed by atoms with Crippen LogP contribution in [-0.4, -0.2) is 115 Å². The summed E-state index contributed by atoms with van der Waals surface area (Å²) in [6, 6.07) is 11.1. The van der Waals surface area contributed by atoms with Gasteiger partial charge in [-0.05, 0) is 60.9 Å². The fourth-order valence-electron chi connectivity index (χ4n) is 7.91. The minimum Gasteiger partial charge on any atom is -0.480 e. The summed E-state index contributed by atoms with van der Waals surface area (Å²) in [6.07, 6.45) is 2.97. The van der Waals surface area contributed by atoms with E-state index in [-0.39, 0.29) is 55.7 Å². The van der Waals surface area contributed by atoms with Gasteiger partial charge in [-0.2, -0.15) is 0 Å². The lowest BCUT2D eigenvalue weighted by Crippen LogP contribution is -2.49. The molecule has 2 heterocycles. The third-order valence-corrected chi connectivity index (χ3v) is 12.4. The molecule has 18 heteroatoms. The monoisotopic (exact) mass is 867 g/mol. The first-order valence-electron chi connectivity index (χ1n) is 20.3. The predicted octanol–water partition coefficient (Wildman–Crippen LogP) is 2.78. The number of aliphatic hydroxyl groups excluding tert-OH is 1. The van der Waals surface area contributed by atoms with E-state index in [1.165, 1.54) is 4.90 Å². The molecule has 8 N–H and O–H groups in total. The van der Waals surface area contributed by atoms with Crippen LogP contribution in [0, 0.1) is 23.0 Å². The number of hydrogen-bond donors (Lipinski definition) is 6. The molecule has 4 unspecified atom stereocenters. The second-order valence-corrected chi connectivity index (χ2v) is 17.9.